The van der Waals surface area contributed by atoms with Crippen molar-refractivity contribution in [2.75, 3.05) is 25.5 Å². The van der Waals surface area contributed by atoms with E-state index in [-0.39, 0.29) is 11.2 Å². The number of hydrogen-bond donors (Lipinski definition) is 2. The van der Waals surface area contributed by atoms with Gasteiger partial charge in [0.25, 0.3) is 0 Å². The molecule has 5 heteroatoms. The summed E-state index contributed by atoms with van der Waals surface area (Å²) < 4.78 is 14.6. The van der Waals surface area contributed by atoms with Crippen LogP contribution in [-0.4, -0.2) is 30.1 Å². The van der Waals surface area contributed by atoms with Crippen LogP contribution in [0.2, 0.25) is 0 Å². The van der Waals surface area contributed by atoms with Gasteiger partial charge in [0.2, 0.25) is 0 Å². The van der Waals surface area contributed by atoms with Gasteiger partial charge in [-0.2, -0.15) is 0 Å². The molecule has 1 aromatic carbocycles. The van der Waals surface area contributed by atoms with Gasteiger partial charge in [-0.3, -0.25) is 0 Å². The van der Waals surface area contributed by atoms with E-state index >= 15 is 0 Å². The van der Waals surface area contributed by atoms with Gasteiger partial charge in [0.15, 0.2) is 0 Å². The molecule has 4 nitrogen and oxygen atoms in total. The molecule has 1 aromatic heterocycles. The lowest BCUT2D eigenvalue weighted by Crippen LogP contribution is -2.16. The minimum atomic E-state index is -0.151. The van der Waals surface area contributed by atoms with Crippen LogP contribution in [0.5, 0.6) is 0 Å². The van der Waals surface area contributed by atoms with Crippen molar-refractivity contribution in [1.82, 2.24) is 15.3 Å². The SMILES string of the molecule is C=C(c1cc(CCCNCCC)ncn1)c1cc(CC2(C)CC2)c(F)cc1NC. The molecule has 0 saturated heterocycles. The largest absolute Gasteiger partial charge is 0.388 e. The minimum Gasteiger partial charge on any atom is -0.388 e. The monoisotopic (exact) mass is 396 g/mol. The van der Waals surface area contributed by atoms with Gasteiger partial charge < -0.3 is 10.6 Å². The van der Waals surface area contributed by atoms with Crippen LogP contribution in [-0.2, 0) is 12.8 Å². The predicted molar refractivity (Wildman–Crippen MR) is 119 cm³/mol. The molecule has 1 aliphatic rings. The summed E-state index contributed by atoms with van der Waals surface area (Å²) in [6.07, 6.45) is 7.77. The van der Waals surface area contributed by atoms with Crippen molar-refractivity contribution in [3.8, 4) is 0 Å². The summed E-state index contributed by atoms with van der Waals surface area (Å²) in [6, 6.07) is 5.54. The Morgan fingerprint density at radius 1 is 1.21 bits per heavy atom. The summed E-state index contributed by atoms with van der Waals surface area (Å²) in [5.41, 5.74) is 5.25. The standard InChI is InChI=1S/C24H33FN4/c1-5-10-27-11-6-7-19-13-22(29-16-28-19)17(2)20-12-18(15-24(3)8-9-24)21(25)14-23(20)26-4/h12-14,16,26-27H,2,5-11,15H2,1,3-4H3. The Hall–Kier alpha value is -2.27. The third-order valence-electron chi connectivity index (χ3n) is 5.75. The van der Waals surface area contributed by atoms with Gasteiger partial charge in [-0.1, -0.05) is 20.4 Å². The smallest absolute Gasteiger partial charge is 0.128 e. The summed E-state index contributed by atoms with van der Waals surface area (Å²) in [4.78, 5) is 8.85. The van der Waals surface area contributed by atoms with E-state index in [0.717, 1.165) is 72.5 Å². The van der Waals surface area contributed by atoms with Gasteiger partial charge >= 0.3 is 0 Å². The van der Waals surface area contributed by atoms with Crippen molar-refractivity contribution in [2.24, 2.45) is 5.41 Å². The van der Waals surface area contributed by atoms with Crippen molar-refractivity contribution in [2.45, 2.75) is 52.4 Å². The summed E-state index contributed by atoms with van der Waals surface area (Å²) in [6.45, 7) is 10.7. The maximum Gasteiger partial charge on any atom is 0.128 e. The molecule has 0 amide bonds. The molecule has 1 heterocycles. The number of aryl methyl sites for hydroxylation is 1. The lowest BCUT2D eigenvalue weighted by atomic mass is 9.93. The molecule has 156 valence electrons. The minimum absolute atomic E-state index is 0.151. The molecule has 2 N–H and O–H groups in total. The lowest BCUT2D eigenvalue weighted by Gasteiger charge is -2.17. The Bertz CT molecular complexity index is 858. The number of rotatable bonds is 11. The summed E-state index contributed by atoms with van der Waals surface area (Å²) in [7, 11) is 1.81. The van der Waals surface area contributed by atoms with Gasteiger partial charge in [0.05, 0.1) is 5.69 Å². The Kier molecular flexibility index (Phi) is 7.01. The second-order valence-electron chi connectivity index (χ2n) is 8.45. The van der Waals surface area contributed by atoms with Crippen LogP contribution in [0, 0.1) is 11.2 Å². The molecule has 0 bridgehead atoms. The van der Waals surface area contributed by atoms with Crippen molar-refractivity contribution in [3.05, 3.63) is 59.4 Å². The molecule has 0 radical (unpaired) electrons. The first-order valence-corrected chi connectivity index (χ1v) is 10.7. The fraction of sp³-hybridized carbons (Fsp3) is 0.500. The molecule has 0 aliphatic heterocycles. The van der Waals surface area contributed by atoms with Crippen molar-refractivity contribution < 1.29 is 4.39 Å². The Labute approximate surface area is 174 Å². The summed E-state index contributed by atoms with van der Waals surface area (Å²) in [5, 5.41) is 6.52. The van der Waals surface area contributed by atoms with E-state index < -0.39 is 0 Å². The first-order valence-electron chi connectivity index (χ1n) is 10.7. The zero-order valence-electron chi connectivity index (χ0n) is 17.9. The number of aromatic nitrogens is 2. The Morgan fingerprint density at radius 3 is 2.69 bits per heavy atom. The number of nitrogens with one attached hydrogen (secondary N) is 2. The average molecular weight is 397 g/mol. The molecular formula is C24H33FN4. The van der Waals surface area contributed by atoms with Crippen molar-refractivity contribution in [3.63, 3.8) is 0 Å². The van der Waals surface area contributed by atoms with Gasteiger partial charge in [0.1, 0.15) is 12.1 Å². The van der Waals surface area contributed by atoms with E-state index in [4.69, 9.17) is 0 Å². The molecule has 29 heavy (non-hydrogen) atoms. The van der Waals surface area contributed by atoms with E-state index in [2.05, 4.69) is 41.0 Å². The van der Waals surface area contributed by atoms with Crippen LogP contribution >= 0.6 is 0 Å². The molecule has 0 atom stereocenters. The quantitative estimate of drug-likeness (QED) is 0.525. The second-order valence-corrected chi connectivity index (χ2v) is 8.45. The first kappa shape index (κ1) is 21.4. The van der Waals surface area contributed by atoms with Gasteiger partial charge in [-0.15, -0.1) is 0 Å². The maximum absolute atomic E-state index is 14.6. The number of anilines is 1. The second kappa shape index (κ2) is 9.49. The van der Waals surface area contributed by atoms with Crippen molar-refractivity contribution >= 4 is 11.3 Å². The zero-order chi connectivity index (χ0) is 20.9. The van der Waals surface area contributed by atoms with Crippen LogP contribution in [0.1, 0.15) is 62.0 Å². The van der Waals surface area contributed by atoms with E-state index in [1.807, 2.05) is 19.2 Å². The van der Waals surface area contributed by atoms with Crippen LogP contribution in [0.25, 0.3) is 5.57 Å². The highest BCUT2D eigenvalue weighted by Gasteiger charge is 2.38. The molecule has 0 spiro atoms. The Morgan fingerprint density at radius 2 is 2.00 bits per heavy atom. The average Bonchev–Trinajstić information content (AvgIpc) is 3.45. The van der Waals surface area contributed by atoms with Crippen molar-refractivity contribution in [1.29, 1.82) is 0 Å². The topological polar surface area (TPSA) is 49.8 Å². The molecule has 1 fully saturated rings. The molecule has 1 saturated carbocycles. The van der Waals surface area contributed by atoms with Crippen LogP contribution in [0.15, 0.2) is 31.1 Å². The predicted octanol–water partition coefficient (Wildman–Crippen LogP) is 4.99. The van der Waals surface area contributed by atoms with E-state index in [0.29, 0.717) is 0 Å². The highest BCUT2D eigenvalue weighted by molar-refractivity contribution is 5.84. The fourth-order valence-electron chi connectivity index (χ4n) is 3.59. The molecule has 3 rings (SSSR count). The van der Waals surface area contributed by atoms with Gasteiger partial charge in [-0.25, -0.2) is 14.4 Å². The number of benzene rings is 1. The summed E-state index contributed by atoms with van der Waals surface area (Å²) in [5.74, 6) is -0.151. The molecule has 2 aromatic rings. The molecule has 1 aliphatic carbocycles. The highest BCUT2D eigenvalue weighted by atomic mass is 19.1. The molecular weight excluding hydrogens is 363 g/mol. The Balaban J connectivity index is 1.78. The number of nitrogens with zero attached hydrogens (tertiary/aromatic N) is 2. The third-order valence-corrected chi connectivity index (χ3v) is 5.75. The molecule has 0 unspecified atom stereocenters. The fourth-order valence-corrected chi connectivity index (χ4v) is 3.59. The number of hydrogen-bond acceptors (Lipinski definition) is 4. The third kappa shape index (κ3) is 5.63. The van der Waals surface area contributed by atoms with Crippen LogP contribution in [0.3, 0.4) is 0 Å². The van der Waals surface area contributed by atoms with E-state index in [1.165, 1.54) is 12.8 Å². The summed E-state index contributed by atoms with van der Waals surface area (Å²) >= 11 is 0. The first-order chi connectivity index (χ1) is 14.0. The zero-order valence-corrected chi connectivity index (χ0v) is 17.9. The van der Waals surface area contributed by atoms with E-state index in [1.54, 1.807) is 12.4 Å². The van der Waals surface area contributed by atoms with Crippen LogP contribution in [0.4, 0.5) is 10.1 Å². The van der Waals surface area contributed by atoms with Crippen LogP contribution < -0.4 is 10.6 Å². The van der Waals surface area contributed by atoms with Gasteiger partial charge in [0, 0.05) is 29.6 Å². The normalized spacial score (nSPS) is 14.6. The van der Waals surface area contributed by atoms with E-state index in [9.17, 15) is 4.39 Å². The lowest BCUT2D eigenvalue weighted by molar-refractivity contribution is 0.534. The maximum atomic E-state index is 14.6. The van der Waals surface area contributed by atoms with Gasteiger partial charge in [-0.05, 0) is 80.8 Å². The highest BCUT2D eigenvalue weighted by Crippen LogP contribution is 2.48. The number of halogens is 1.